The molecule has 2 N–H and O–H groups in total. The van der Waals surface area contributed by atoms with Crippen LogP contribution in [0.5, 0.6) is 0 Å². The highest BCUT2D eigenvalue weighted by Gasteiger charge is 2.26. The summed E-state index contributed by atoms with van der Waals surface area (Å²) < 4.78 is 0. The third-order valence-electron chi connectivity index (χ3n) is 5.43. The number of hydrogen-bond acceptors (Lipinski definition) is 3. The molecule has 2 unspecified atom stereocenters. The van der Waals surface area contributed by atoms with E-state index in [2.05, 4.69) is 40.5 Å². The van der Waals surface area contributed by atoms with E-state index in [1.165, 1.54) is 50.9 Å². The fourth-order valence-corrected chi connectivity index (χ4v) is 3.87. The van der Waals surface area contributed by atoms with E-state index < -0.39 is 0 Å². The molecule has 122 valence electrons. The summed E-state index contributed by atoms with van der Waals surface area (Å²) in [5, 5.41) is 13.6. The predicted octanol–water partition coefficient (Wildman–Crippen LogP) is 2.44. The molecule has 3 rings (SSSR count). The van der Waals surface area contributed by atoms with Crippen molar-refractivity contribution in [3.63, 3.8) is 0 Å². The molecule has 1 saturated heterocycles. The van der Waals surface area contributed by atoms with Crippen LogP contribution in [0.1, 0.15) is 37.7 Å². The highest BCUT2D eigenvalue weighted by molar-refractivity contribution is 5.14. The summed E-state index contributed by atoms with van der Waals surface area (Å²) in [5.41, 5.74) is 1.44. The van der Waals surface area contributed by atoms with Gasteiger partial charge in [-0.1, -0.05) is 36.8 Å². The number of rotatable bonds is 6. The van der Waals surface area contributed by atoms with Crippen LogP contribution in [-0.4, -0.2) is 48.3 Å². The summed E-state index contributed by atoms with van der Waals surface area (Å²) >= 11 is 0. The van der Waals surface area contributed by atoms with Crippen molar-refractivity contribution in [3.05, 3.63) is 35.9 Å². The zero-order chi connectivity index (χ0) is 15.2. The van der Waals surface area contributed by atoms with Gasteiger partial charge in [0.25, 0.3) is 0 Å². The number of hydrogen-bond donors (Lipinski definition) is 2. The first-order valence-electron chi connectivity index (χ1n) is 8.99. The molecule has 1 aromatic carbocycles. The molecule has 3 nitrogen and oxygen atoms in total. The lowest BCUT2D eigenvalue weighted by molar-refractivity contribution is 0.125. The molecule has 0 spiro atoms. The number of aliphatic hydroxyl groups excluding tert-OH is 1. The van der Waals surface area contributed by atoms with E-state index in [1.54, 1.807) is 0 Å². The Hall–Kier alpha value is -0.900. The second kappa shape index (κ2) is 8.09. The van der Waals surface area contributed by atoms with Crippen molar-refractivity contribution in [2.45, 2.75) is 50.7 Å². The minimum atomic E-state index is -0.0570. The molecular formula is C19H30N2O. The normalized spacial score (nSPS) is 27.3. The molecule has 1 heterocycles. The maximum Gasteiger partial charge on any atom is 0.0580 e. The molecule has 22 heavy (non-hydrogen) atoms. The minimum absolute atomic E-state index is 0.0570. The monoisotopic (exact) mass is 302 g/mol. The molecule has 2 aliphatic rings. The summed E-state index contributed by atoms with van der Waals surface area (Å²) in [4.78, 5) is 2.59. The third-order valence-corrected chi connectivity index (χ3v) is 5.43. The molecule has 0 amide bonds. The van der Waals surface area contributed by atoms with Crippen LogP contribution in [0.15, 0.2) is 30.3 Å². The molecule has 0 radical (unpaired) electrons. The summed E-state index contributed by atoms with van der Waals surface area (Å²) in [5.74, 6) is 0.496. The third kappa shape index (κ3) is 4.55. The van der Waals surface area contributed by atoms with Crippen LogP contribution in [-0.2, 0) is 6.42 Å². The first kappa shape index (κ1) is 16.0. The number of piperidine rings is 1. The van der Waals surface area contributed by atoms with Crippen LogP contribution in [0.4, 0.5) is 0 Å². The van der Waals surface area contributed by atoms with E-state index in [9.17, 15) is 5.11 Å². The summed E-state index contributed by atoms with van der Waals surface area (Å²) in [7, 11) is 0. The Kier molecular flexibility index (Phi) is 5.88. The van der Waals surface area contributed by atoms with Gasteiger partial charge in [0, 0.05) is 19.1 Å². The lowest BCUT2D eigenvalue weighted by atomic mass is 10.0. The smallest absolute Gasteiger partial charge is 0.0580 e. The second-order valence-electron chi connectivity index (χ2n) is 7.02. The van der Waals surface area contributed by atoms with Crippen LogP contribution in [0.2, 0.25) is 0 Å². The maximum atomic E-state index is 9.89. The van der Waals surface area contributed by atoms with Crippen molar-refractivity contribution in [2.24, 2.45) is 5.92 Å². The Morgan fingerprint density at radius 2 is 1.82 bits per heavy atom. The number of aliphatic hydroxyl groups is 1. The van der Waals surface area contributed by atoms with Crippen molar-refractivity contribution in [3.8, 4) is 0 Å². The van der Waals surface area contributed by atoms with E-state index in [1.807, 2.05) is 0 Å². The molecule has 1 saturated carbocycles. The molecule has 1 aromatic rings. The van der Waals surface area contributed by atoms with Crippen LogP contribution in [0.3, 0.4) is 0 Å². The van der Waals surface area contributed by atoms with Crippen molar-refractivity contribution in [2.75, 3.05) is 26.2 Å². The van der Waals surface area contributed by atoms with Gasteiger partial charge in [0.1, 0.15) is 0 Å². The van der Waals surface area contributed by atoms with Gasteiger partial charge in [-0.2, -0.15) is 0 Å². The predicted molar refractivity (Wildman–Crippen MR) is 91.0 cm³/mol. The maximum absolute atomic E-state index is 9.89. The molecule has 1 aliphatic heterocycles. The van der Waals surface area contributed by atoms with E-state index in [-0.39, 0.29) is 6.10 Å². The standard InChI is InChI=1S/C19H30N2O/c22-19-8-4-7-17(19)15-20-18-10-13-21(14-11-18)12-9-16-5-2-1-3-6-16/h1-3,5-6,17-20,22H,4,7-15H2. The van der Waals surface area contributed by atoms with Crippen molar-refractivity contribution >= 4 is 0 Å². The van der Waals surface area contributed by atoms with Gasteiger partial charge in [-0.15, -0.1) is 0 Å². The van der Waals surface area contributed by atoms with Gasteiger partial charge in [-0.3, -0.25) is 0 Å². The van der Waals surface area contributed by atoms with E-state index in [4.69, 9.17) is 0 Å². The molecule has 0 bridgehead atoms. The Morgan fingerprint density at radius 3 is 2.50 bits per heavy atom. The average Bonchev–Trinajstić information content (AvgIpc) is 2.98. The van der Waals surface area contributed by atoms with E-state index in [0.29, 0.717) is 12.0 Å². The highest BCUT2D eigenvalue weighted by Crippen LogP contribution is 2.25. The first-order chi connectivity index (χ1) is 10.8. The topological polar surface area (TPSA) is 35.5 Å². The van der Waals surface area contributed by atoms with Gasteiger partial charge in [0.05, 0.1) is 6.10 Å². The SMILES string of the molecule is OC1CCCC1CNC1CCN(CCc2ccccc2)CC1. The van der Waals surface area contributed by atoms with Crippen molar-refractivity contribution < 1.29 is 5.11 Å². The Labute approximate surface area is 134 Å². The van der Waals surface area contributed by atoms with Gasteiger partial charge >= 0.3 is 0 Å². The van der Waals surface area contributed by atoms with E-state index in [0.717, 1.165) is 19.4 Å². The fraction of sp³-hybridized carbons (Fsp3) is 0.684. The van der Waals surface area contributed by atoms with Crippen LogP contribution < -0.4 is 5.32 Å². The zero-order valence-corrected chi connectivity index (χ0v) is 13.6. The molecule has 2 atom stereocenters. The van der Waals surface area contributed by atoms with Crippen LogP contribution in [0.25, 0.3) is 0 Å². The highest BCUT2D eigenvalue weighted by atomic mass is 16.3. The quantitative estimate of drug-likeness (QED) is 0.847. The van der Waals surface area contributed by atoms with E-state index >= 15 is 0 Å². The Bertz CT molecular complexity index is 428. The molecule has 2 fully saturated rings. The zero-order valence-electron chi connectivity index (χ0n) is 13.6. The van der Waals surface area contributed by atoms with Gasteiger partial charge in [-0.25, -0.2) is 0 Å². The first-order valence-corrected chi connectivity index (χ1v) is 8.99. The van der Waals surface area contributed by atoms with Crippen LogP contribution >= 0.6 is 0 Å². The Balaban J connectivity index is 1.32. The Morgan fingerprint density at radius 1 is 1.05 bits per heavy atom. The lowest BCUT2D eigenvalue weighted by Crippen LogP contribution is -2.44. The number of nitrogens with zero attached hydrogens (tertiary/aromatic N) is 1. The second-order valence-corrected chi connectivity index (χ2v) is 7.02. The van der Waals surface area contributed by atoms with Gasteiger partial charge < -0.3 is 15.3 Å². The van der Waals surface area contributed by atoms with Gasteiger partial charge in [0.2, 0.25) is 0 Å². The summed E-state index contributed by atoms with van der Waals surface area (Å²) in [6, 6.07) is 11.4. The van der Waals surface area contributed by atoms with Gasteiger partial charge in [0.15, 0.2) is 0 Å². The summed E-state index contributed by atoms with van der Waals surface area (Å²) in [6.07, 6.45) is 7.00. The van der Waals surface area contributed by atoms with Gasteiger partial charge in [-0.05, 0) is 56.7 Å². The number of likely N-dealkylation sites (tertiary alicyclic amines) is 1. The van der Waals surface area contributed by atoms with Crippen molar-refractivity contribution in [1.29, 1.82) is 0 Å². The molecule has 3 heteroatoms. The largest absolute Gasteiger partial charge is 0.393 e. The lowest BCUT2D eigenvalue weighted by Gasteiger charge is -2.33. The number of benzene rings is 1. The molecular weight excluding hydrogens is 272 g/mol. The summed E-state index contributed by atoms with van der Waals surface area (Å²) in [6.45, 7) is 4.60. The molecule has 0 aromatic heterocycles. The minimum Gasteiger partial charge on any atom is -0.393 e. The fourth-order valence-electron chi connectivity index (χ4n) is 3.87. The van der Waals surface area contributed by atoms with Crippen LogP contribution in [0, 0.1) is 5.92 Å². The average molecular weight is 302 g/mol. The van der Waals surface area contributed by atoms with Crippen molar-refractivity contribution in [1.82, 2.24) is 10.2 Å². The molecule has 1 aliphatic carbocycles. The number of nitrogens with one attached hydrogen (secondary N) is 1.